The molecule has 1 heterocycles. The summed E-state index contributed by atoms with van der Waals surface area (Å²) >= 11 is 0. The van der Waals surface area contributed by atoms with Gasteiger partial charge in [0.05, 0.1) is 35.5 Å². The highest BCUT2D eigenvalue weighted by atomic mass is 16.6. The van der Waals surface area contributed by atoms with Crippen molar-refractivity contribution < 1.29 is 63.0 Å². The number of hydrogen-bond acceptors (Lipinski definition) is 13. The number of allylic oxidation sites excluding steroid dienone is 1. The van der Waals surface area contributed by atoms with E-state index >= 15 is 4.79 Å². The van der Waals surface area contributed by atoms with E-state index < -0.39 is 107 Å². The molecule has 3 N–H and O–H groups in total. The van der Waals surface area contributed by atoms with Gasteiger partial charge in [-0.3, -0.25) is 14.4 Å². The van der Waals surface area contributed by atoms with Crippen molar-refractivity contribution in [3.05, 3.63) is 58.7 Å². The highest BCUT2D eigenvalue weighted by Crippen LogP contribution is 2.64. The van der Waals surface area contributed by atoms with Gasteiger partial charge in [0.1, 0.15) is 23.9 Å². The van der Waals surface area contributed by atoms with Crippen LogP contribution in [0.25, 0.3) is 0 Å². The Labute approximate surface area is 308 Å². The molecule has 0 aromatic heterocycles. The highest BCUT2D eigenvalue weighted by Gasteiger charge is 2.78. The van der Waals surface area contributed by atoms with E-state index in [1.165, 1.54) is 26.0 Å². The standard InChI is InChI=1S/C40H50O13/c1-20(2)13-16-25(42)36(47)50-26-18-40(48)33(52-35(46)23-11-9-8-10-12-23)31-38(7,27(43)17-28-39(31,19-49-28)53-22(4)41)32(44)30(51-34(45)24-14-15-24)29(21(26)3)37(40,5)6/h8-13,24-28,30-31,33,42-43,48H,14-19H2,1-7H3/t25-,26+,27+,28-,30-,31+,33+,38-,39+,40-/m1/s1. The largest absolute Gasteiger partial charge is 0.456 e. The molecule has 5 aliphatic rings. The molecule has 3 saturated carbocycles. The molecule has 13 nitrogen and oxygen atoms in total. The molecule has 0 spiro atoms. The number of Topliss-reactive ketones (excluding diaryl/α,β-unsaturated/α-hetero) is 1. The van der Waals surface area contributed by atoms with Gasteiger partial charge in [-0.05, 0) is 63.8 Å². The number of ketones is 1. The minimum absolute atomic E-state index is 0.0404. The van der Waals surface area contributed by atoms with Crippen molar-refractivity contribution in [1.29, 1.82) is 0 Å². The van der Waals surface area contributed by atoms with Gasteiger partial charge in [-0.25, -0.2) is 9.59 Å². The second kappa shape index (κ2) is 13.7. The van der Waals surface area contributed by atoms with Crippen LogP contribution < -0.4 is 0 Å². The van der Waals surface area contributed by atoms with E-state index in [1.807, 2.05) is 13.8 Å². The third-order valence-electron chi connectivity index (χ3n) is 12.3. The van der Waals surface area contributed by atoms with Crippen LogP contribution in [-0.4, -0.2) is 99.4 Å². The van der Waals surface area contributed by atoms with Crippen LogP contribution in [0, 0.1) is 22.7 Å². The fourth-order valence-corrected chi connectivity index (χ4v) is 9.05. The number of rotatable bonds is 9. The summed E-state index contributed by atoms with van der Waals surface area (Å²) in [6, 6.07) is 7.99. The van der Waals surface area contributed by atoms with Gasteiger partial charge in [-0.2, -0.15) is 0 Å². The van der Waals surface area contributed by atoms with Crippen molar-refractivity contribution >= 4 is 29.7 Å². The Balaban J connectivity index is 1.60. The van der Waals surface area contributed by atoms with Crippen LogP contribution in [0.1, 0.15) is 90.9 Å². The van der Waals surface area contributed by atoms with E-state index in [2.05, 4.69) is 0 Å². The zero-order chi connectivity index (χ0) is 38.8. The molecule has 1 saturated heterocycles. The van der Waals surface area contributed by atoms with Crippen LogP contribution in [0.2, 0.25) is 0 Å². The van der Waals surface area contributed by atoms with Crippen LogP contribution in [0.4, 0.5) is 0 Å². The molecule has 0 amide bonds. The molecular weight excluding hydrogens is 688 g/mol. The Morgan fingerprint density at radius 1 is 1.02 bits per heavy atom. The third kappa shape index (κ3) is 6.32. The summed E-state index contributed by atoms with van der Waals surface area (Å²) in [5.41, 5.74) is -6.08. The van der Waals surface area contributed by atoms with E-state index in [1.54, 1.807) is 45.0 Å². The average Bonchev–Trinajstić information content (AvgIpc) is 3.95. The second-order valence-corrected chi connectivity index (χ2v) is 16.3. The maximum atomic E-state index is 15.4. The minimum Gasteiger partial charge on any atom is -0.456 e. The predicted octanol–water partition coefficient (Wildman–Crippen LogP) is 3.31. The molecule has 6 rings (SSSR count). The second-order valence-electron chi connectivity index (χ2n) is 16.3. The lowest BCUT2D eigenvalue weighted by Crippen LogP contribution is -2.82. The van der Waals surface area contributed by atoms with Crippen LogP contribution >= 0.6 is 0 Å². The lowest BCUT2D eigenvalue weighted by atomic mass is 9.44. The van der Waals surface area contributed by atoms with Crippen molar-refractivity contribution in [2.24, 2.45) is 22.7 Å². The van der Waals surface area contributed by atoms with Crippen molar-refractivity contribution in [1.82, 2.24) is 0 Å². The smallest absolute Gasteiger partial charge is 0.338 e. The lowest BCUT2D eigenvalue weighted by Gasteiger charge is -2.67. The molecule has 0 unspecified atom stereocenters. The molecular formula is C40H50O13. The Morgan fingerprint density at radius 2 is 1.68 bits per heavy atom. The molecule has 4 aliphatic carbocycles. The number of ether oxygens (including phenoxy) is 5. The molecule has 13 heteroatoms. The van der Waals surface area contributed by atoms with Gasteiger partial charge in [-0.1, -0.05) is 43.7 Å². The first-order valence-corrected chi connectivity index (χ1v) is 18.2. The molecule has 1 aromatic rings. The SMILES string of the molecule is CC(=O)O[C@@]12CO[C@@H]1C[C@H](O)[C@@]1(C)C(=O)[C@H](OC(=O)C3CC3)C3=C(C)[C@@H](OC(=O)[C@H](O)CC=C(C)C)C[C@@](O)([C@@H](OC(=O)c4ccccc4)[C@H]21)C3(C)C. The Bertz CT molecular complexity index is 1740. The van der Waals surface area contributed by atoms with Crippen LogP contribution in [0.3, 0.4) is 0 Å². The van der Waals surface area contributed by atoms with E-state index in [9.17, 15) is 34.5 Å². The fourth-order valence-electron chi connectivity index (χ4n) is 9.05. The molecule has 2 bridgehead atoms. The summed E-state index contributed by atoms with van der Waals surface area (Å²) in [6.07, 6.45) is -6.56. The molecule has 1 aliphatic heterocycles. The summed E-state index contributed by atoms with van der Waals surface area (Å²) < 4.78 is 30.3. The molecule has 288 valence electrons. The topological polar surface area (TPSA) is 192 Å². The summed E-state index contributed by atoms with van der Waals surface area (Å²) in [6.45, 7) is 10.9. The number of carbonyl (C=O) groups excluding carboxylic acids is 5. The quantitative estimate of drug-likeness (QED) is 0.190. The molecule has 53 heavy (non-hydrogen) atoms. The molecule has 10 atom stereocenters. The van der Waals surface area contributed by atoms with Crippen LogP contribution in [-0.2, 0) is 42.9 Å². The van der Waals surface area contributed by atoms with Gasteiger partial charge in [0.15, 0.2) is 23.6 Å². The number of hydrogen-bond donors (Lipinski definition) is 3. The zero-order valence-corrected chi connectivity index (χ0v) is 31.2. The number of fused-ring (bicyclic) bond motifs is 5. The minimum atomic E-state index is -2.26. The fraction of sp³-hybridized carbons (Fsp3) is 0.625. The summed E-state index contributed by atoms with van der Waals surface area (Å²) in [7, 11) is 0. The van der Waals surface area contributed by atoms with Crippen LogP contribution in [0.15, 0.2) is 53.1 Å². The molecule has 4 fully saturated rings. The van der Waals surface area contributed by atoms with Crippen molar-refractivity contribution in [3.63, 3.8) is 0 Å². The van der Waals surface area contributed by atoms with Crippen molar-refractivity contribution in [2.75, 3.05) is 6.61 Å². The predicted molar refractivity (Wildman–Crippen MR) is 186 cm³/mol. The van der Waals surface area contributed by atoms with Gasteiger partial charge in [0.2, 0.25) is 0 Å². The Morgan fingerprint density at radius 3 is 2.25 bits per heavy atom. The maximum Gasteiger partial charge on any atom is 0.338 e. The number of carbonyl (C=O) groups is 5. The zero-order valence-electron chi connectivity index (χ0n) is 31.2. The van der Waals surface area contributed by atoms with Gasteiger partial charge < -0.3 is 39.0 Å². The van der Waals surface area contributed by atoms with Gasteiger partial charge in [0.25, 0.3) is 0 Å². The molecule has 1 aromatic carbocycles. The van der Waals surface area contributed by atoms with Gasteiger partial charge >= 0.3 is 23.9 Å². The van der Waals surface area contributed by atoms with E-state index in [0.717, 1.165) is 5.57 Å². The van der Waals surface area contributed by atoms with Gasteiger partial charge in [-0.15, -0.1) is 0 Å². The normalized spacial score (nSPS) is 36.2. The average molecular weight is 739 g/mol. The number of benzene rings is 1. The van der Waals surface area contributed by atoms with Gasteiger partial charge in [0, 0.05) is 31.6 Å². The lowest BCUT2D eigenvalue weighted by molar-refractivity contribution is -0.346. The van der Waals surface area contributed by atoms with E-state index in [0.29, 0.717) is 18.4 Å². The first-order chi connectivity index (χ1) is 24.8. The van der Waals surface area contributed by atoms with E-state index in [4.69, 9.17) is 23.7 Å². The first kappa shape index (κ1) is 38.8. The Hall–Kier alpha value is -3.91. The summed E-state index contributed by atoms with van der Waals surface area (Å²) in [5, 5.41) is 36.3. The van der Waals surface area contributed by atoms with Crippen molar-refractivity contribution in [3.8, 4) is 0 Å². The number of aliphatic hydroxyl groups excluding tert-OH is 2. The Kier molecular flexibility index (Phi) is 10.1. The van der Waals surface area contributed by atoms with E-state index in [-0.39, 0.29) is 30.6 Å². The third-order valence-corrected chi connectivity index (χ3v) is 12.3. The summed E-state index contributed by atoms with van der Waals surface area (Å²) in [5.74, 6) is -5.93. The molecule has 0 radical (unpaired) electrons. The number of aliphatic hydroxyl groups is 3. The monoisotopic (exact) mass is 738 g/mol. The van der Waals surface area contributed by atoms with Crippen molar-refractivity contribution in [2.45, 2.75) is 128 Å². The highest BCUT2D eigenvalue weighted by molar-refractivity contribution is 5.96. The number of esters is 4. The summed E-state index contributed by atoms with van der Waals surface area (Å²) in [4.78, 5) is 69.3. The van der Waals surface area contributed by atoms with Crippen LogP contribution in [0.5, 0.6) is 0 Å². The first-order valence-electron chi connectivity index (χ1n) is 18.2. The maximum absolute atomic E-state index is 15.4.